The molecule has 1 aromatic heterocycles. The van der Waals surface area contributed by atoms with Gasteiger partial charge in [0.05, 0.1) is 5.56 Å². The van der Waals surface area contributed by atoms with E-state index in [4.69, 9.17) is 5.73 Å². The zero-order valence-corrected chi connectivity index (χ0v) is 11.7. The number of carbonyl (C=O) groups is 1. The van der Waals surface area contributed by atoms with Gasteiger partial charge in [-0.1, -0.05) is 6.07 Å². The van der Waals surface area contributed by atoms with Crippen molar-refractivity contribution in [2.24, 2.45) is 0 Å². The molecule has 0 saturated carbocycles. The molecule has 2 aromatic rings. The number of amides is 1. The van der Waals surface area contributed by atoms with Gasteiger partial charge in [-0.05, 0) is 39.7 Å². The van der Waals surface area contributed by atoms with Gasteiger partial charge >= 0.3 is 0 Å². The third kappa shape index (κ3) is 3.30. The Morgan fingerprint density at radius 2 is 2.05 bits per heavy atom. The zero-order chi connectivity index (χ0) is 14.7. The number of nitrogen functional groups attached to an aromatic ring is 1. The van der Waals surface area contributed by atoms with E-state index in [1.54, 1.807) is 0 Å². The summed E-state index contributed by atoms with van der Waals surface area (Å²) < 4.78 is 26.4. The molecule has 0 spiro atoms. The maximum Gasteiger partial charge on any atom is 0.255 e. The van der Waals surface area contributed by atoms with E-state index in [-0.39, 0.29) is 17.9 Å². The van der Waals surface area contributed by atoms with Crippen molar-refractivity contribution < 1.29 is 13.6 Å². The van der Waals surface area contributed by atoms with E-state index in [1.165, 1.54) is 18.3 Å². The summed E-state index contributed by atoms with van der Waals surface area (Å²) in [7, 11) is 0. The number of halogens is 3. The van der Waals surface area contributed by atoms with Gasteiger partial charge in [0, 0.05) is 17.2 Å². The van der Waals surface area contributed by atoms with Crippen LogP contribution in [-0.4, -0.2) is 10.9 Å². The van der Waals surface area contributed by atoms with Gasteiger partial charge in [-0.2, -0.15) is 0 Å². The topological polar surface area (TPSA) is 68.0 Å². The summed E-state index contributed by atoms with van der Waals surface area (Å²) in [6, 6.07) is 4.95. The second-order valence-corrected chi connectivity index (χ2v) is 4.93. The monoisotopic (exact) mass is 341 g/mol. The lowest BCUT2D eigenvalue weighted by Crippen LogP contribution is -2.24. The fraction of sp³-hybridized carbons (Fsp3) is 0.0769. The van der Waals surface area contributed by atoms with Crippen LogP contribution in [-0.2, 0) is 6.54 Å². The Hall–Kier alpha value is -2.02. The summed E-state index contributed by atoms with van der Waals surface area (Å²) in [5.41, 5.74) is 6.25. The smallest absolute Gasteiger partial charge is 0.255 e. The maximum absolute atomic E-state index is 13.0. The molecule has 2 rings (SSSR count). The summed E-state index contributed by atoms with van der Waals surface area (Å²) in [5, 5.41) is 2.56. The standard InChI is InChI=1S/C13H10BrF2N3O/c14-8-4-9(12(17)18-6-8)13(20)19-5-7-1-2-10(15)11(16)3-7/h1-4,6H,5H2,(H2,17,18)(H,19,20). The SMILES string of the molecule is Nc1ncc(Br)cc1C(=O)NCc1ccc(F)c(F)c1. The number of nitrogens with two attached hydrogens (primary N) is 1. The number of nitrogens with one attached hydrogen (secondary N) is 1. The highest BCUT2D eigenvalue weighted by Gasteiger charge is 2.11. The molecule has 7 heteroatoms. The molecule has 0 fully saturated rings. The first-order chi connectivity index (χ1) is 9.47. The number of hydrogen-bond acceptors (Lipinski definition) is 3. The second-order valence-electron chi connectivity index (χ2n) is 4.02. The molecule has 1 aromatic carbocycles. The fourth-order valence-corrected chi connectivity index (χ4v) is 1.89. The number of rotatable bonds is 3. The Balaban J connectivity index is 2.08. The lowest BCUT2D eigenvalue weighted by molar-refractivity contribution is 0.0951. The number of aromatic nitrogens is 1. The van der Waals surface area contributed by atoms with Crippen LogP contribution >= 0.6 is 15.9 Å². The lowest BCUT2D eigenvalue weighted by atomic mass is 10.2. The van der Waals surface area contributed by atoms with Crippen LogP contribution in [0.25, 0.3) is 0 Å². The highest BCUT2D eigenvalue weighted by molar-refractivity contribution is 9.10. The van der Waals surface area contributed by atoms with Gasteiger partial charge in [-0.15, -0.1) is 0 Å². The average molecular weight is 342 g/mol. The third-order valence-electron chi connectivity index (χ3n) is 2.57. The first-order valence-corrected chi connectivity index (χ1v) is 6.40. The van der Waals surface area contributed by atoms with E-state index in [0.717, 1.165) is 12.1 Å². The van der Waals surface area contributed by atoms with Crippen LogP contribution < -0.4 is 11.1 Å². The van der Waals surface area contributed by atoms with Crippen LogP contribution in [0.1, 0.15) is 15.9 Å². The van der Waals surface area contributed by atoms with Crippen LogP contribution in [0.15, 0.2) is 34.9 Å². The van der Waals surface area contributed by atoms with Crippen molar-refractivity contribution in [1.82, 2.24) is 10.3 Å². The first-order valence-electron chi connectivity index (χ1n) is 5.60. The average Bonchev–Trinajstić information content (AvgIpc) is 2.42. The van der Waals surface area contributed by atoms with Crippen molar-refractivity contribution in [3.63, 3.8) is 0 Å². The van der Waals surface area contributed by atoms with Crippen LogP contribution in [0.5, 0.6) is 0 Å². The minimum absolute atomic E-state index is 0.0575. The Bertz CT molecular complexity index is 664. The van der Waals surface area contributed by atoms with Crippen molar-refractivity contribution in [2.75, 3.05) is 5.73 Å². The predicted molar refractivity (Wildman–Crippen MR) is 73.9 cm³/mol. The summed E-state index contributed by atoms with van der Waals surface area (Å²) in [6.45, 7) is 0.0575. The van der Waals surface area contributed by atoms with Crippen LogP contribution in [0.3, 0.4) is 0 Å². The van der Waals surface area contributed by atoms with Crippen molar-refractivity contribution in [1.29, 1.82) is 0 Å². The normalized spacial score (nSPS) is 10.3. The van der Waals surface area contributed by atoms with Crippen molar-refractivity contribution in [2.45, 2.75) is 6.54 Å². The molecule has 1 heterocycles. The van der Waals surface area contributed by atoms with Gasteiger partial charge < -0.3 is 11.1 Å². The largest absolute Gasteiger partial charge is 0.383 e. The molecule has 0 bridgehead atoms. The van der Waals surface area contributed by atoms with Gasteiger partial charge in [0.1, 0.15) is 5.82 Å². The van der Waals surface area contributed by atoms with Gasteiger partial charge in [0.25, 0.3) is 5.91 Å². The quantitative estimate of drug-likeness (QED) is 0.901. The molecule has 20 heavy (non-hydrogen) atoms. The molecule has 0 unspecified atom stereocenters. The molecule has 0 aliphatic rings. The van der Waals surface area contributed by atoms with Gasteiger partial charge in [-0.3, -0.25) is 4.79 Å². The van der Waals surface area contributed by atoms with Crippen LogP contribution in [0.4, 0.5) is 14.6 Å². The van der Waals surface area contributed by atoms with Crippen LogP contribution in [0.2, 0.25) is 0 Å². The number of anilines is 1. The molecule has 4 nitrogen and oxygen atoms in total. The molecule has 104 valence electrons. The highest BCUT2D eigenvalue weighted by atomic mass is 79.9. The van der Waals surface area contributed by atoms with Crippen LogP contribution in [0, 0.1) is 11.6 Å². The second kappa shape index (κ2) is 5.96. The highest BCUT2D eigenvalue weighted by Crippen LogP contribution is 2.15. The van der Waals surface area contributed by atoms with Gasteiger partial charge in [0.2, 0.25) is 0 Å². The Kier molecular flexibility index (Phi) is 4.29. The molecule has 0 aliphatic heterocycles. The molecule has 0 atom stereocenters. The predicted octanol–water partition coefficient (Wildman–Crippen LogP) is 2.63. The lowest BCUT2D eigenvalue weighted by Gasteiger charge is -2.07. The Morgan fingerprint density at radius 3 is 2.75 bits per heavy atom. The number of hydrogen-bond donors (Lipinski definition) is 2. The number of benzene rings is 1. The van der Waals surface area contributed by atoms with Gasteiger partial charge in [0.15, 0.2) is 11.6 Å². The van der Waals surface area contributed by atoms with Crippen molar-refractivity contribution in [3.8, 4) is 0 Å². The van der Waals surface area contributed by atoms with E-state index in [1.807, 2.05) is 0 Å². The molecular formula is C13H10BrF2N3O. The molecule has 0 saturated heterocycles. The van der Waals surface area contributed by atoms with E-state index in [9.17, 15) is 13.6 Å². The number of nitrogens with zero attached hydrogens (tertiary/aromatic N) is 1. The molecule has 3 N–H and O–H groups in total. The first kappa shape index (κ1) is 14.4. The minimum Gasteiger partial charge on any atom is -0.383 e. The molecule has 0 radical (unpaired) electrons. The van der Waals surface area contributed by atoms with E-state index < -0.39 is 17.5 Å². The molecule has 0 aliphatic carbocycles. The maximum atomic E-state index is 13.0. The number of carbonyl (C=O) groups excluding carboxylic acids is 1. The van der Waals surface area contributed by atoms with E-state index >= 15 is 0 Å². The van der Waals surface area contributed by atoms with E-state index in [2.05, 4.69) is 26.2 Å². The van der Waals surface area contributed by atoms with Crippen molar-refractivity contribution >= 4 is 27.7 Å². The zero-order valence-electron chi connectivity index (χ0n) is 10.2. The van der Waals surface area contributed by atoms with Gasteiger partial charge in [-0.25, -0.2) is 13.8 Å². The Labute approximate surface area is 122 Å². The molecular weight excluding hydrogens is 332 g/mol. The summed E-state index contributed by atoms with van der Waals surface area (Å²) in [6.07, 6.45) is 1.47. The summed E-state index contributed by atoms with van der Waals surface area (Å²) >= 11 is 3.19. The molecule has 1 amide bonds. The third-order valence-corrected chi connectivity index (χ3v) is 3.00. The fourth-order valence-electron chi connectivity index (χ4n) is 1.56. The summed E-state index contributed by atoms with van der Waals surface area (Å²) in [5.74, 6) is -2.24. The van der Waals surface area contributed by atoms with Crippen molar-refractivity contribution in [3.05, 3.63) is 57.7 Å². The Morgan fingerprint density at radius 1 is 1.30 bits per heavy atom. The summed E-state index contributed by atoms with van der Waals surface area (Å²) in [4.78, 5) is 15.8. The van der Waals surface area contributed by atoms with E-state index in [0.29, 0.717) is 10.0 Å². The number of pyridine rings is 1. The minimum atomic E-state index is -0.958.